The molecule has 0 saturated carbocycles. The van der Waals surface area contributed by atoms with Crippen molar-refractivity contribution in [3.05, 3.63) is 0 Å². The molecule has 0 aromatic carbocycles. The van der Waals surface area contributed by atoms with Crippen molar-refractivity contribution in [3.63, 3.8) is 0 Å². The zero-order valence-electron chi connectivity index (χ0n) is 18.9. The Bertz CT molecular complexity index is 543. The Balaban J connectivity index is 2.31. The van der Waals surface area contributed by atoms with Crippen molar-refractivity contribution in [3.8, 4) is 0 Å². The molecule has 2 heterocycles. The standard InChI is InChI=1S/C21H40O5Si/c1-13-12-23-21(16(4)19(13)24-17(5)22)15(3)18(11-14(2)25-21)26-27(9,10)20(6,7)8/h13-16,18-19H,11-12H2,1-10H3/t13-,14-,15-,16+,18+,19-,21-/m0/s1. The molecule has 0 unspecified atom stereocenters. The number of carbonyl (C=O) groups is 1. The molecule has 27 heavy (non-hydrogen) atoms. The largest absolute Gasteiger partial charge is 0.462 e. The van der Waals surface area contributed by atoms with E-state index in [-0.39, 0.29) is 47.1 Å². The minimum atomic E-state index is -1.92. The second-order valence-corrected chi connectivity index (χ2v) is 15.0. The van der Waals surface area contributed by atoms with Crippen LogP contribution in [0.3, 0.4) is 0 Å². The van der Waals surface area contributed by atoms with E-state index < -0.39 is 14.1 Å². The van der Waals surface area contributed by atoms with Gasteiger partial charge in [0.05, 0.1) is 18.8 Å². The van der Waals surface area contributed by atoms with Crippen molar-refractivity contribution in [1.82, 2.24) is 0 Å². The van der Waals surface area contributed by atoms with Gasteiger partial charge >= 0.3 is 5.97 Å². The molecular formula is C21H40O5Si. The molecule has 0 aliphatic carbocycles. The van der Waals surface area contributed by atoms with E-state index >= 15 is 0 Å². The third kappa shape index (κ3) is 4.44. The lowest BCUT2D eigenvalue weighted by atomic mass is 9.74. The number of ether oxygens (including phenoxy) is 3. The second kappa shape index (κ2) is 7.77. The maximum atomic E-state index is 11.7. The summed E-state index contributed by atoms with van der Waals surface area (Å²) >= 11 is 0. The van der Waals surface area contributed by atoms with Crippen molar-refractivity contribution in [2.24, 2.45) is 17.8 Å². The Morgan fingerprint density at radius 1 is 1.11 bits per heavy atom. The van der Waals surface area contributed by atoms with Crippen LogP contribution in [0.4, 0.5) is 0 Å². The van der Waals surface area contributed by atoms with Gasteiger partial charge < -0.3 is 18.6 Å². The van der Waals surface area contributed by atoms with Gasteiger partial charge in [-0.2, -0.15) is 0 Å². The fourth-order valence-corrected chi connectivity index (χ4v) is 5.68. The second-order valence-electron chi connectivity index (χ2n) is 10.2. The van der Waals surface area contributed by atoms with Gasteiger partial charge in [-0.15, -0.1) is 0 Å². The average Bonchev–Trinajstić information content (AvgIpc) is 2.50. The molecule has 0 radical (unpaired) electrons. The van der Waals surface area contributed by atoms with Gasteiger partial charge in [-0.3, -0.25) is 4.79 Å². The third-order valence-corrected chi connectivity index (χ3v) is 11.5. The maximum Gasteiger partial charge on any atom is 0.302 e. The van der Waals surface area contributed by atoms with Crippen LogP contribution in [0.5, 0.6) is 0 Å². The summed E-state index contributed by atoms with van der Waals surface area (Å²) in [6.45, 7) is 21.8. The molecule has 2 rings (SSSR count). The summed E-state index contributed by atoms with van der Waals surface area (Å²) in [6.07, 6.45) is 0.755. The van der Waals surface area contributed by atoms with Crippen LogP contribution >= 0.6 is 0 Å². The Hall–Kier alpha value is -0.433. The summed E-state index contributed by atoms with van der Waals surface area (Å²) in [5.74, 6) is -0.891. The summed E-state index contributed by atoms with van der Waals surface area (Å²) in [5.41, 5.74) is 0. The van der Waals surface area contributed by atoms with Gasteiger partial charge in [-0.1, -0.05) is 41.5 Å². The van der Waals surface area contributed by atoms with Gasteiger partial charge in [-0.25, -0.2) is 0 Å². The van der Waals surface area contributed by atoms with Crippen LogP contribution in [0.15, 0.2) is 0 Å². The first-order valence-electron chi connectivity index (χ1n) is 10.4. The van der Waals surface area contributed by atoms with E-state index in [1.54, 1.807) is 0 Å². The molecule has 6 heteroatoms. The maximum absolute atomic E-state index is 11.7. The Morgan fingerprint density at radius 3 is 2.22 bits per heavy atom. The quantitative estimate of drug-likeness (QED) is 0.505. The SMILES string of the molecule is CC(=O)O[C@@H]1[C@@H](C)[C@@]2(OC[C@@H]1C)O[C@@H](C)C[C@@H](O[Si](C)(C)C(C)(C)C)[C@@H]2C. The molecule has 2 aliphatic heterocycles. The van der Waals surface area contributed by atoms with Crippen molar-refractivity contribution in [2.75, 3.05) is 6.61 Å². The van der Waals surface area contributed by atoms with Crippen molar-refractivity contribution >= 4 is 14.3 Å². The minimum absolute atomic E-state index is 0.0322. The van der Waals surface area contributed by atoms with Gasteiger partial charge in [0.2, 0.25) is 0 Å². The van der Waals surface area contributed by atoms with E-state index in [1.807, 2.05) is 0 Å². The van der Waals surface area contributed by atoms with Crippen LogP contribution in [-0.2, 0) is 23.4 Å². The molecule has 5 nitrogen and oxygen atoms in total. The molecule has 2 saturated heterocycles. The lowest BCUT2D eigenvalue weighted by Crippen LogP contribution is -2.65. The highest BCUT2D eigenvalue weighted by Crippen LogP contribution is 2.49. The predicted octanol–water partition coefficient (Wildman–Crippen LogP) is 4.75. The molecule has 0 amide bonds. The number of carbonyl (C=O) groups excluding carboxylic acids is 1. The van der Waals surface area contributed by atoms with E-state index in [4.69, 9.17) is 18.6 Å². The zero-order chi connectivity index (χ0) is 20.8. The first-order chi connectivity index (χ1) is 12.2. The van der Waals surface area contributed by atoms with Crippen molar-refractivity contribution < 1.29 is 23.4 Å². The highest BCUT2D eigenvalue weighted by atomic mass is 28.4. The van der Waals surface area contributed by atoms with Gasteiger partial charge in [0.25, 0.3) is 0 Å². The smallest absolute Gasteiger partial charge is 0.302 e. The van der Waals surface area contributed by atoms with Crippen LogP contribution < -0.4 is 0 Å². The zero-order valence-corrected chi connectivity index (χ0v) is 19.9. The summed E-state index contributed by atoms with van der Waals surface area (Å²) in [4.78, 5) is 11.7. The molecule has 158 valence electrons. The molecule has 2 fully saturated rings. The van der Waals surface area contributed by atoms with Crippen LogP contribution in [0.2, 0.25) is 18.1 Å². The van der Waals surface area contributed by atoms with E-state index in [0.717, 1.165) is 6.42 Å². The number of esters is 1. The molecule has 1 spiro atoms. The summed E-state index contributed by atoms with van der Waals surface area (Å²) in [7, 11) is -1.92. The third-order valence-electron chi connectivity index (χ3n) is 6.96. The lowest BCUT2D eigenvalue weighted by Gasteiger charge is -2.57. The molecule has 7 atom stereocenters. The fourth-order valence-electron chi connectivity index (χ4n) is 4.27. The first kappa shape index (κ1) is 22.9. The van der Waals surface area contributed by atoms with E-state index in [2.05, 4.69) is 61.6 Å². The molecular weight excluding hydrogens is 360 g/mol. The van der Waals surface area contributed by atoms with Crippen LogP contribution in [-0.4, -0.2) is 45.0 Å². The normalized spacial score (nSPS) is 40.8. The van der Waals surface area contributed by atoms with E-state index in [9.17, 15) is 4.79 Å². The average molecular weight is 401 g/mol. The Kier molecular flexibility index (Phi) is 6.58. The molecule has 0 aromatic heterocycles. The monoisotopic (exact) mass is 400 g/mol. The minimum Gasteiger partial charge on any atom is -0.462 e. The van der Waals surface area contributed by atoms with E-state index in [0.29, 0.717) is 6.61 Å². The van der Waals surface area contributed by atoms with Gasteiger partial charge in [0, 0.05) is 24.7 Å². The highest BCUT2D eigenvalue weighted by molar-refractivity contribution is 6.74. The number of hydrogen-bond donors (Lipinski definition) is 0. The Labute approximate surface area is 166 Å². The molecule has 0 bridgehead atoms. The fraction of sp³-hybridized carbons (Fsp3) is 0.952. The van der Waals surface area contributed by atoms with Gasteiger partial charge in [0.15, 0.2) is 14.1 Å². The molecule has 2 aliphatic rings. The van der Waals surface area contributed by atoms with Crippen LogP contribution in [0.25, 0.3) is 0 Å². The van der Waals surface area contributed by atoms with Crippen LogP contribution in [0.1, 0.15) is 61.8 Å². The first-order valence-corrected chi connectivity index (χ1v) is 13.3. The Morgan fingerprint density at radius 2 is 1.70 bits per heavy atom. The summed E-state index contributed by atoms with van der Waals surface area (Å²) < 4.78 is 25.3. The van der Waals surface area contributed by atoms with E-state index in [1.165, 1.54) is 6.92 Å². The molecule has 0 N–H and O–H groups in total. The van der Waals surface area contributed by atoms with Crippen LogP contribution in [0, 0.1) is 17.8 Å². The molecule has 0 aromatic rings. The topological polar surface area (TPSA) is 54.0 Å². The van der Waals surface area contributed by atoms with Crippen molar-refractivity contribution in [2.45, 2.75) is 104 Å². The number of rotatable bonds is 3. The summed E-state index contributed by atoms with van der Waals surface area (Å²) in [6, 6.07) is 0. The summed E-state index contributed by atoms with van der Waals surface area (Å²) in [5, 5.41) is 0.148. The predicted molar refractivity (Wildman–Crippen MR) is 109 cm³/mol. The van der Waals surface area contributed by atoms with Crippen molar-refractivity contribution in [1.29, 1.82) is 0 Å². The highest BCUT2D eigenvalue weighted by Gasteiger charge is 2.58. The van der Waals surface area contributed by atoms with Gasteiger partial charge in [0.1, 0.15) is 6.10 Å². The number of hydrogen-bond acceptors (Lipinski definition) is 5. The lowest BCUT2D eigenvalue weighted by molar-refractivity contribution is -0.372. The van der Waals surface area contributed by atoms with Gasteiger partial charge in [-0.05, 0) is 31.5 Å².